The van der Waals surface area contributed by atoms with Crippen LogP contribution in [0.2, 0.25) is 0 Å². The number of halogens is 1. The average Bonchev–Trinajstić information content (AvgIpc) is 2.62. The van der Waals surface area contributed by atoms with E-state index in [0.29, 0.717) is 19.1 Å². The van der Waals surface area contributed by atoms with Crippen LogP contribution in [0.4, 0.5) is 0 Å². The van der Waals surface area contributed by atoms with E-state index in [1.165, 1.54) is 5.56 Å². The van der Waals surface area contributed by atoms with Crippen LogP contribution in [0.15, 0.2) is 16.6 Å². The summed E-state index contributed by atoms with van der Waals surface area (Å²) in [4.78, 5) is 0. The molecule has 0 atom stereocenters. The minimum absolute atomic E-state index is 0.0750. The van der Waals surface area contributed by atoms with Gasteiger partial charge in [0.05, 0.1) is 23.8 Å². The highest BCUT2D eigenvalue weighted by atomic mass is 79.9. The minimum atomic E-state index is -0.0750. The number of rotatable bonds is 4. The first-order valence-corrected chi connectivity index (χ1v) is 7.98. The molecule has 1 aromatic rings. The van der Waals surface area contributed by atoms with Crippen molar-refractivity contribution in [1.82, 2.24) is 5.32 Å². The highest BCUT2D eigenvalue weighted by Crippen LogP contribution is 2.38. The Hall–Kier alpha value is -0.780. The Balaban J connectivity index is 1.59. The van der Waals surface area contributed by atoms with E-state index >= 15 is 0 Å². The van der Waals surface area contributed by atoms with Gasteiger partial charge in [0.25, 0.3) is 0 Å². The quantitative estimate of drug-likeness (QED) is 0.883. The third kappa shape index (κ3) is 3.27. The van der Waals surface area contributed by atoms with Gasteiger partial charge in [-0.15, -0.1) is 0 Å². The molecule has 2 aliphatic rings. The van der Waals surface area contributed by atoms with Crippen molar-refractivity contribution in [2.75, 3.05) is 19.8 Å². The monoisotopic (exact) mass is 341 g/mol. The van der Waals surface area contributed by atoms with E-state index in [1.807, 2.05) is 6.07 Å². The van der Waals surface area contributed by atoms with Gasteiger partial charge in [-0.2, -0.15) is 0 Å². The van der Waals surface area contributed by atoms with Crippen molar-refractivity contribution in [3.63, 3.8) is 0 Å². The van der Waals surface area contributed by atoms with E-state index in [9.17, 15) is 5.11 Å². The summed E-state index contributed by atoms with van der Waals surface area (Å²) in [6.45, 7) is 3.18. The molecule has 0 amide bonds. The number of benzene rings is 1. The maximum Gasteiger partial charge on any atom is 0.175 e. The van der Waals surface area contributed by atoms with E-state index < -0.39 is 0 Å². The molecular formula is C15H20BrNO3. The molecule has 0 spiro atoms. The lowest BCUT2D eigenvalue weighted by molar-refractivity contribution is 0.0430. The summed E-state index contributed by atoms with van der Waals surface area (Å²) in [7, 11) is 0. The third-order valence-electron chi connectivity index (χ3n) is 3.83. The number of ether oxygens (including phenoxy) is 2. The zero-order valence-electron chi connectivity index (χ0n) is 11.4. The highest BCUT2D eigenvalue weighted by molar-refractivity contribution is 9.10. The summed E-state index contributed by atoms with van der Waals surface area (Å²) in [5, 5.41) is 12.7. The van der Waals surface area contributed by atoms with Crippen molar-refractivity contribution in [3.05, 3.63) is 22.2 Å². The van der Waals surface area contributed by atoms with E-state index in [1.54, 1.807) is 0 Å². The Morgan fingerprint density at radius 2 is 2.05 bits per heavy atom. The van der Waals surface area contributed by atoms with Crippen LogP contribution in [0.1, 0.15) is 24.8 Å². The Morgan fingerprint density at radius 1 is 1.25 bits per heavy atom. The Kier molecular flexibility index (Phi) is 4.48. The van der Waals surface area contributed by atoms with Crippen molar-refractivity contribution in [1.29, 1.82) is 0 Å². The summed E-state index contributed by atoms with van der Waals surface area (Å²) >= 11 is 3.56. The lowest BCUT2D eigenvalue weighted by Crippen LogP contribution is -2.35. The maximum absolute atomic E-state index is 9.27. The smallest absolute Gasteiger partial charge is 0.175 e. The Bertz CT molecular complexity index is 474. The highest BCUT2D eigenvalue weighted by Gasteiger charge is 2.26. The average molecular weight is 342 g/mol. The molecule has 110 valence electrons. The molecule has 0 radical (unpaired) electrons. The molecule has 0 bridgehead atoms. The molecule has 1 fully saturated rings. The molecule has 0 saturated heterocycles. The van der Waals surface area contributed by atoms with E-state index in [-0.39, 0.29) is 6.10 Å². The molecule has 1 aliphatic carbocycles. The van der Waals surface area contributed by atoms with Gasteiger partial charge in [0.2, 0.25) is 0 Å². The zero-order chi connectivity index (χ0) is 13.9. The van der Waals surface area contributed by atoms with Crippen LogP contribution in [0, 0.1) is 5.92 Å². The van der Waals surface area contributed by atoms with Crippen LogP contribution in [0.25, 0.3) is 0 Å². The SMILES string of the molecule is OC1CC(CNCc2cc(Br)c3c(c2)OCCCO3)C1. The van der Waals surface area contributed by atoms with Crippen LogP contribution in [0.5, 0.6) is 11.5 Å². The summed E-state index contributed by atoms with van der Waals surface area (Å²) in [5.74, 6) is 2.26. The van der Waals surface area contributed by atoms with Gasteiger partial charge in [-0.3, -0.25) is 0 Å². The van der Waals surface area contributed by atoms with Gasteiger partial charge >= 0.3 is 0 Å². The minimum Gasteiger partial charge on any atom is -0.490 e. The summed E-state index contributed by atoms with van der Waals surface area (Å²) in [6, 6.07) is 4.13. The van der Waals surface area contributed by atoms with E-state index in [0.717, 1.165) is 48.3 Å². The molecule has 4 nitrogen and oxygen atoms in total. The zero-order valence-corrected chi connectivity index (χ0v) is 13.0. The predicted molar refractivity (Wildman–Crippen MR) is 80.2 cm³/mol. The van der Waals surface area contributed by atoms with Gasteiger partial charge in [-0.05, 0) is 58.9 Å². The molecule has 20 heavy (non-hydrogen) atoms. The van der Waals surface area contributed by atoms with Crippen molar-refractivity contribution in [2.45, 2.75) is 31.9 Å². The van der Waals surface area contributed by atoms with Gasteiger partial charge in [-0.1, -0.05) is 0 Å². The van der Waals surface area contributed by atoms with Crippen LogP contribution in [0.3, 0.4) is 0 Å². The Morgan fingerprint density at radius 3 is 2.85 bits per heavy atom. The van der Waals surface area contributed by atoms with Crippen LogP contribution in [-0.4, -0.2) is 31.0 Å². The predicted octanol–water partition coefficient (Wildman–Crippen LogP) is 2.47. The van der Waals surface area contributed by atoms with Gasteiger partial charge in [0.15, 0.2) is 11.5 Å². The summed E-state index contributed by atoms with van der Waals surface area (Å²) in [5.41, 5.74) is 1.18. The number of aliphatic hydroxyl groups is 1. The molecule has 1 aromatic carbocycles. The normalized spacial score (nSPS) is 24.9. The fourth-order valence-electron chi connectivity index (χ4n) is 2.67. The topological polar surface area (TPSA) is 50.7 Å². The van der Waals surface area contributed by atoms with Crippen LogP contribution >= 0.6 is 15.9 Å². The van der Waals surface area contributed by atoms with E-state index in [4.69, 9.17) is 9.47 Å². The van der Waals surface area contributed by atoms with Gasteiger partial charge in [-0.25, -0.2) is 0 Å². The lowest BCUT2D eigenvalue weighted by Gasteiger charge is -2.31. The molecule has 5 heteroatoms. The molecule has 1 aliphatic heterocycles. The largest absolute Gasteiger partial charge is 0.490 e. The molecule has 1 heterocycles. The second-order valence-corrected chi connectivity index (χ2v) is 6.43. The first kappa shape index (κ1) is 14.2. The number of hydrogen-bond donors (Lipinski definition) is 2. The molecule has 0 unspecified atom stereocenters. The van der Waals surface area contributed by atoms with Gasteiger partial charge in [0.1, 0.15) is 0 Å². The fourth-order valence-corrected chi connectivity index (χ4v) is 3.28. The van der Waals surface area contributed by atoms with Crippen molar-refractivity contribution >= 4 is 15.9 Å². The molecular weight excluding hydrogens is 322 g/mol. The van der Waals surface area contributed by atoms with Crippen LogP contribution in [-0.2, 0) is 6.54 Å². The number of hydrogen-bond acceptors (Lipinski definition) is 4. The van der Waals surface area contributed by atoms with Gasteiger partial charge < -0.3 is 19.9 Å². The summed E-state index contributed by atoms with van der Waals surface area (Å²) in [6.07, 6.45) is 2.70. The van der Waals surface area contributed by atoms with Crippen LogP contribution < -0.4 is 14.8 Å². The second-order valence-electron chi connectivity index (χ2n) is 5.58. The number of nitrogens with one attached hydrogen (secondary N) is 1. The fraction of sp³-hybridized carbons (Fsp3) is 0.600. The third-order valence-corrected chi connectivity index (χ3v) is 4.42. The lowest BCUT2D eigenvalue weighted by atomic mass is 9.82. The van der Waals surface area contributed by atoms with E-state index in [2.05, 4.69) is 27.3 Å². The standard InChI is InChI=1S/C15H20BrNO3/c16-13-6-11(9-17-8-10-4-12(18)5-10)7-14-15(13)20-3-1-2-19-14/h6-7,10,12,17-18H,1-5,8-9H2. The molecule has 0 aromatic heterocycles. The number of aliphatic hydroxyl groups excluding tert-OH is 1. The first-order chi connectivity index (χ1) is 9.72. The van der Waals surface area contributed by atoms with Crippen molar-refractivity contribution in [3.8, 4) is 11.5 Å². The van der Waals surface area contributed by atoms with Gasteiger partial charge in [0, 0.05) is 13.0 Å². The summed E-state index contributed by atoms with van der Waals surface area (Å²) < 4.78 is 12.4. The molecule has 3 rings (SSSR count). The van der Waals surface area contributed by atoms with Crippen molar-refractivity contribution in [2.24, 2.45) is 5.92 Å². The maximum atomic E-state index is 9.27. The van der Waals surface area contributed by atoms with Crippen molar-refractivity contribution < 1.29 is 14.6 Å². The molecule has 1 saturated carbocycles. The first-order valence-electron chi connectivity index (χ1n) is 7.19. The second kappa shape index (κ2) is 6.33. The molecule has 2 N–H and O–H groups in total. The Labute approximate surface area is 127 Å². The number of fused-ring (bicyclic) bond motifs is 1.